The van der Waals surface area contributed by atoms with Crippen molar-refractivity contribution in [3.05, 3.63) is 86.1 Å². The van der Waals surface area contributed by atoms with Gasteiger partial charge in [0.1, 0.15) is 17.4 Å². The number of para-hydroxylation sites is 1. The highest BCUT2D eigenvalue weighted by Crippen LogP contribution is 2.21. The van der Waals surface area contributed by atoms with Crippen molar-refractivity contribution in [2.75, 3.05) is 0 Å². The Hall–Kier alpha value is -3.52. The molecular formula is C25H26N4O3S. The summed E-state index contributed by atoms with van der Waals surface area (Å²) in [6.07, 6.45) is 1.28. The third-order valence-electron chi connectivity index (χ3n) is 5.34. The summed E-state index contributed by atoms with van der Waals surface area (Å²) in [5.41, 5.74) is 3.09. The quantitative estimate of drug-likeness (QED) is 0.404. The van der Waals surface area contributed by atoms with Crippen molar-refractivity contribution in [1.29, 1.82) is 0 Å². The molecule has 0 spiro atoms. The molecule has 8 heteroatoms. The molecule has 170 valence electrons. The molecule has 0 radical (unpaired) electrons. The number of carbonyl (C=O) groups is 1. The van der Waals surface area contributed by atoms with E-state index in [1.165, 1.54) is 0 Å². The number of carbonyl (C=O) groups excluding carboxylic acids is 1. The maximum absolute atomic E-state index is 12.7. The Kier molecular flexibility index (Phi) is 6.55. The highest BCUT2D eigenvalue weighted by Gasteiger charge is 2.22. The molecular weight excluding hydrogens is 436 g/mol. The summed E-state index contributed by atoms with van der Waals surface area (Å²) in [6, 6.07) is 17.2. The third-order valence-corrected chi connectivity index (χ3v) is 6.15. The van der Waals surface area contributed by atoms with Crippen LogP contribution in [0, 0.1) is 6.92 Å². The maximum Gasteiger partial charge on any atom is 0.322 e. The van der Waals surface area contributed by atoms with Gasteiger partial charge in [-0.2, -0.15) is 5.10 Å². The average Bonchev–Trinajstić information content (AvgIpc) is 3.21. The zero-order valence-corrected chi connectivity index (χ0v) is 19.7. The molecule has 0 bridgehead atoms. The fourth-order valence-electron chi connectivity index (χ4n) is 3.61. The number of benzene rings is 2. The fourth-order valence-corrected chi connectivity index (χ4v) is 4.21. The Labute approximate surface area is 195 Å². The van der Waals surface area contributed by atoms with E-state index < -0.39 is 5.54 Å². The number of H-pyrrole nitrogens is 1. The molecule has 0 fully saturated rings. The minimum atomic E-state index is -0.443. The van der Waals surface area contributed by atoms with Gasteiger partial charge in [-0.25, -0.2) is 5.10 Å². The number of ether oxygens (including phenoxy) is 1. The van der Waals surface area contributed by atoms with Crippen LogP contribution in [0.2, 0.25) is 0 Å². The number of nitrogens with one attached hydrogen (secondary N) is 2. The number of amides is 1. The van der Waals surface area contributed by atoms with Gasteiger partial charge in [-0.15, -0.1) is 0 Å². The number of fused-ring (bicyclic) bond motifs is 1. The SMILES string of the molecule is Cc1cc(COc2ccc(C(=O)NC(C)(C)CCc3n[nH]c(=O)s3)cc2)c2ccccc2n1. The second-order valence-corrected chi connectivity index (χ2v) is 9.64. The lowest BCUT2D eigenvalue weighted by molar-refractivity contribution is 0.0909. The number of aromatic nitrogens is 3. The molecule has 2 aromatic carbocycles. The second kappa shape index (κ2) is 9.54. The minimum Gasteiger partial charge on any atom is -0.489 e. The number of nitrogens with zero attached hydrogens (tertiary/aromatic N) is 2. The van der Waals surface area contributed by atoms with E-state index in [0.29, 0.717) is 30.8 Å². The van der Waals surface area contributed by atoms with Crippen LogP contribution in [0.15, 0.2) is 59.4 Å². The van der Waals surface area contributed by atoms with Gasteiger partial charge < -0.3 is 10.1 Å². The predicted octanol–water partition coefficient (Wildman–Crippen LogP) is 4.41. The van der Waals surface area contributed by atoms with E-state index in [4.69, 9.17) is 4.74 Å². The average molecular weight is 463 g/mol. The molecule has 1 amide bonds. The van der Waals surface area contributed by atoms with E-state index in [-0.39, 0.29) is 10.8 Å². The summed E-state index contributed by atoms with van der Waals surface area (Å²) in [5.74, 6) is 0.537. The lowest BCUT2D eigenvalue weighted by Crippen LogP contribution is -2.43. The Morgan fingerprint density at radius 3 is 2.64 bits per heavy atom. The van der Waals surface area contributed by atoms with Crippen molar-refractivity contribution in [3.8, 4) is 5.75 Å². The summed E-state index contributed by atoms with van der Waals surface area (Å²) < 4.78 is 5.99. The summed E-state index contributed by atoms with van der Waals surface area (Å²) >= 11 is 1.10. The highest BCUT2D eigenvalue weighted by atomic mass is 32.1. The van der Waals surface area contributed by atoms with Gasteiger partial charge in [-0.3, -0.25) is 14.6 Å². The van der Waals surface area contributed by atoms with Crippen molar-refractivity contribution >= 4 is 28.1 Å². The number of aromatic amines is 1. The molecule has 2 N–H and O–H groups in total. The number of hydrogen-bond donors (Lipinski definition) is 2. The van der Waals surface area contributed by atoms with Crippen LogP contribution in [0.4, 0.5) is 0 Å². The highest BCUT2D eigenvalue weighted by molar-refractivity contribution is 7.08. The molecule has 0 atom stereocenters. The van der Waals surface area contributed by atoms with Crippen LogP contribution in [0.5, 0.6) is 5.75 Å². The van der Waals surface area contributed by atoms with Crippen molar-refractivity contribution in [1.82, 2.24) is 20.5 Å². The van der Waals surface area contributed by atoms with Gasteiger partial charge >= 0.3 is 4.87 Å². The summed E-state index contributed by atoms with van der Waals surface area (Å²) in [4.78, 5) is 28.3. The van der Waals surface area contributed by atoms with Gasteiger partial charge in [0.25, 0.3) is 5.91 Å². The van der Waals surface area contributed by atoms with E-state index in [1.807, 2.05) is 51.1 Å². The van der Waals surface area contributed by atoms with Crippen LogP contribution in [0.25, 0.3) is 10.9 Å². The van der Waals surface area contributed by atoms with E-state index in [9.17, 15) is 9.59 Å². The first-order chi connectivity index (χ1) is 15.8. The number of hydrogen-bond acceptors (Lipinski definition) is 6. The maximum atomic E-state index is 12.7. The lowest BCUT2D eigenvalue weighted by atomic mass is 9.98. The van der Waals surface area contributed by atoms with Gasteiger partial charge in [-0.1, -0.05) is 29.5 Å². The molecule has 33 heavy (non-hydrogen) atoms. The van der Waals surface area contributed by atoms with Gasteiger partial charge in [0.15, 0.2) is 0 Å². The van der Waals surface area contributed by atoms with Gasteiger partial charge in [-0.05, 0) is 63.6 Å². The normalized spacial score (nSPS) is 11.5. The van der Waals surface area contributed by atoms with Crippen molar-refractivity contribution in [2.45, 2.75) is 45.8 Å². The lowest BCUT2D eigenvalue weighted by Gasteiger charge is -2.26. The molecule has 0 aliphatic heterocycles. The monoisotopic (exact) mass is 462 g/mol. The largest absolute Gasteiger partial charge is 0.489 e. The molecule has 0 unspecified atom stereocenters. The van der Waals surface area contributed by atoms with E-state index in [1.54, 1.807) is 24.3 Å². The summed E-state index contributed by atoms with van der Waals surface area (Å²) in [7, 11) is 0. The number of aryl methyl sites for hydroxylation is 2. The molecule has 4 aromatic rings. The minimum absolute atomic E-state index is 0.155. The van der Waals surface area contributed by atoms with Crippen LogP contribution in [0.3, 0.4) is 0 Å². The predicted molar refractivity (Wildman–Crippen MR) is 130 cm³/mol. The van der Waals surface area contributed by atoms with E-state index >= 15 is 0 Å². The van der Waals surface area contributed by atoms with Gasteiger partial charge in [0, 0.05) is 34.2 Å². The smallest absolute Gasteiger partial charge is 0.322 e. The topological polar surface area (TPSA) is 97.0 Å². The fraction of sp³-hybridized carbons (Fsp3) is 0.280. The standard InChI is InChI=1S/C25H26N4O3S/c1-16-14-18(20-6-4-5-7-21(20)26-16)15-32-19-10-8-17(9-11-19)23(30)27-25(2,3)13-12-22-28-29-24(31)33-22/h4-11,14H,12-13,15H2,1-3H3,(H,27,30)(H,29,31). The first kappa shape index (κ1) is 22.7. The van der Waals surface area contributed by atoms with Crippen LogP contribution in [0.1, 0.15) is 46.9 Å². The molecule has 0 saturated heterocycles. The van der Waals surface area contributed by atoms with Crippen LogP contribution in [-0.4, -0.2) is 26.6 Å². The first-order valence-electron chi connectivity index (χ1n) is 10.7. The second-order valence-electron chi connectivity index (χ2n) is 8.60. The molecule has 2 aromatic heterocycles. The van der Waals surface area contributed by atoms with Crippen LogP contribution >= 0.6 is 11.3 Å². The van der Waals surface area contributed by atoms with Crippen LogP contribution in [-0.2, 0) is 13.0 Å². The summed E-state index contributed by atoms with van der Waals surface area (Å²) in [5, 5.41) is 11.3. The number of rotatable bonds is 8. The Balaban J connectivity index is 1.36. The Morgan fingerprint density at radius 1 is 1.15 bits per heavy atom. The zero-order valence-electron chi connectivity index (χ0n) is 18.8. The van der Waals surface area contributed by atoms with Crippen molar-refractivity contribution in [2.24, 2.45) is 0 Å². The molecule has 4 rings (SSSR count). The number of pyridine rings is 1. The Bertz CT molecular complexity index is 1330. The molecule has 7 nitrogen and oxygen atoms in total. The van der Waals surface area contributed by atoms with Gasteiger partial charge in [0.05, 0.1) is 5.52 Å². The van der Waals surface area contributed by atoms with E-state index in [0.717, 1.165) is 38.5 Å². The van der Waals surface area contributed by atoms with Gasteiger partial charge in [0.2, 0.25) is 0 Å². The van der Waals surface area contributed by atoms with E-state index in [2.05, 4.69) is 20.5 Å². The molecule has 0 saturated carbocycles. The molecule has 0 aliphatic carbocycles. The van der Waals surface area contributed by atoms with Crippen molar-refractivity contribution < 1.29 is 9.53 Å². The third kappa shape index (κ3) is 5.84. The molecule has 2 heterocycles. The first-order valence-corrected chi connectivity index (χ1v) is 11.6. The van der Waals surface area contributed by atoms with Crippen LogP contribution < -0.4 is 14.9 Å². The van der Waals surface area contributed by atoms with Crippen molar-refractivity contribution in [3.63, 3.8) is 0 Å². The molecule has 0 aliphatic rings. The zero-order chi connectivity index (χ0) is 23.4. The Morgan fingerprint density at radius 2 is 1.91 bits per heavy atom. The summed E-state index contributed by atoms with van der Waals surface area (Å²) in [6.45, 7) is 6.31.